The van der Waals surface area contributed by atoms with Crippen molar-refractivity contribution in [3.63, 3.8) is 0 Å². The molecule has 1 heterocycles. The first-order chi connectivity index (χ1) is 8.11. The van der Waals surface area contributed by atoms with Crippen LogP contribution in [0.25, 0.3) is 0 Å². The van der Waals surface area contributed by atoms with Crippen LogP contribution in [0.4, 0.5) is 4.39 Å². The van der Waals surface area contributed by atoms with Gasteiger partial charge in [0, 0.05) is 37.8 Å². The van der Waals surface area contributed by atoms with E-state index in [-0.39, 0.29) is 16.3 Å². The average molecular weight is 303 g/mol. The van der Waals surface area contributed by atoms with Gasteiger partial charge in [0.15, 0.2) is 0 Å². The summed E-state index contributed by atoms with van der Waals surface area (Å²) in [4.78, 5) is 2.27. The number of piperazine rings is 1. The Balaban J connectivity index is 2.24. The molecule has 0 spiro atoms. The van der Waals surface area contributed by atoms with Gasteiger partial charge in [0.1, 0.15) is 11.6 Å². The van der Waals surface area contributed by atoms with Crippen molar-refractivity contribution in [2.24, 2.45) is 0 Å². The Kier molecular flexibility index (Phi) is 4.01. The summed E-state index contributed by atoms with van der Waals surface area (Å²) >= 11 is 3.07. The lowest BCUT2D eigenvalue weighted by atomic mass is 10.0. The largest absolute Gasteiger partial charge is 0.506 e. The van der Waals surface area contributed by atoms with Gasteiger partial charge in [0.25, 0.3) is 0 Å². The number of halogens is 2. The molecule has 1 aliphatic rings. The number of hydrogen-bond donors (Lipinski definition) is 2. The van der Waals surface area contributed by atoms with Gasteiger partial charge in [-0.3, -0.25) is 4.90 Å². The SMILES string of the molecule is C[C@@H](c1ccc(F)c(Br)c1O)N1CCNCC1. The van der Waals surface area contributed by atoms with Gasteiger partial charge in [-0.05, 0) is 28.9 Å². The molecule has 0 radical (unpaired) electrons. The number of benzene rings is 1. The second-order valence-corrected chi connectivity index (χ2v) is 5.05. The van der Waals surface area contributed by atoms with Crippen LogP contribution >= 0.6 is 15.9 Å². The number of nitrogens with one attached hydrogen (secondary N) is 1. The van der Waals surface area contributed by atoms with Crippen molar-refractivity contribution in [2.75, 3.05) is 26.2 Å². The summed E-state index contributed by atoms with van der Waals surface area (Å²) in [5.41, 5.74) is 0.764. The predicted molar refractivity (Wildman–Crippen MR) is 68.6 cm³/mol. The number of nitrogens with zero attached hydrogens (tertiary/aromatic N) is 1. The Bertz CT molecular complexity index is 408. The van der Waals surface area contributed by atoms with Gasteiger partial charge in [-0.25, -0.2) is 4.39 Å². The fraction of sp³-hybridized carbons (Fsp3) is 0.500. The molecule has 2 rings (SSSR count). The molecule has 2 N–H and O–H groups in total. The van der Waals surface area contributed by atoms with E-state index in [0.717, 1.165) is 31.7 Å². The second kappa shape index (κ2) is 5.33. The topological polar surface area (TPSA) is 35.5 Å². The molecular formula is C12H16BrFN2O. The zero-order valence-corrected chi connectivity index (χ0v) is 11.3. The lowest BCUT2D eigenvalue weighted by molar-refractivity contribution is 0.182. The number of hydrogen-bond acceptors (Lipinski definition) is 3. The third-order valence-electron chi connectivity index (χ3n) is 3.25. The highest BCUT2D eigenvalue weighted by atomic mass is 79.9. The van der Waals surface area contributed by atoms with Crippen LogP contribution < -0.4 is 5.32 Å². The van der Waals surface area contributed by atoms with E-state index in [4.69, 9.17) is 0 Å². The number of phenolic OH excluding ortho intramolecular Hbond substituents is 1. The smallest absolute Gasteiger partial charge is 0.141 e. The molecule has 1 fully saturated rings. The van der Waals surface area contributed by atoms with Gasteiger partial charge in [0.05, 0.1) is 4.47 Å². The van der Waals surface area contributed by atoms with E-state index < -0.39 is 5.82 Å². The molecule has 3 nitrogen and oxygen atoms in total. The Labute approximate surface area is 109 Å². The predicted octanol–water partition coefficient (Wildman–Crippen LogP) is 2.26. The molecule has 0 aliphatic carbocycles. The first-order valence-corrected chi connectivity index (χ1v) is 6.52. The van der Waals surface area contributed by atoms with Gasteiger partial charge in [-0.2, -0.15) is 0 Å². The summed E-state index contributed by atoms with van der Waals surface area (Å²) in [6.45, 7) is 5.82. The highest BCUT2D eigenvalue weighted by molar-refractivity contribution is 9.10. The maximum Gasteiger partial charge on any atom is 0.141 e. The van der Waals surface area contributed by atoms with Gasteiger partial charge < -0.3 is 10.4 Å². The minimum Gasteiger partial charge on any atom is -0.506 e. The van der Waals surface area contributed by atoms with Crippen molar-refractivity contribution in [3.8, 4) is 5.75 Å². The Morgan fingerprint density at radius 2 is 2.06 bits per heavy atom. The lowest BCUT2D eigenvalue weighted by Gasteiger charge is -2.33. The molecule has 0 amide bonds. The minimum absolute atomic E-state index is 0.0102. The fourth-order valence-corrected chi connectivity index (χ4v) is 2.52. The molecule has 0 bridgehead atoms. The molecule has 1 aliphatic heterocycles. The van der Waals surface area contributed by atoms with Crippen LogP contribution in [0.15, 0.2) is 16.6 Å². The van der Waals surface area contributed by atoms with E-state index in [1.54, 1.807) is 6.07 Å². The van der Waals surface area contributed by atoms with Crippen molar-refractivity contribution in [1.29, 1.82) is 0 Å². The molecule has 1 aromatic carbocycles. The molecule has 0 unspecified atom stereocenters. The average Bonchev–Trinajstić information content (AvgIpc) is 2.36. The standard InChI is InChI=1S/C12H16BrFN2O/c1-8(16-6-4-15-5-7-16)9-2-3-10(14)11(13)12(9)17/h2-3,8,15,17H,4-7H2,1H3/t8-/m0/s1. The van der Waals surface area contributed by atoms with E-state index in [2.05, 4.69) is 26.1 Å². The highest BCUT2D eigenvalue weighted by Gasteiger charge is 2.22. The van der Waals surface area contributed by atoms with E-state index >= 15 is 0 Å². The normalized spacial score (nSPS) is 19.2. The maximum absolute atomic E-state index is 13.2. The summed E-state index contributed by atoms with van der Waals surface area (Å²) in [6, 6.07) is 3.13. The van der Waals surface area contributed by atoms with Crippen LogP contribution in [-0.4, -0.2) is 36.2 Å². The maximum atomic E-state index is 13.2. The van der Waals surface area contributed by atoms with Gasteiger partial charge in [-0.1, -0.05) is 6.07 Å². The fourth-order valence-electron chi connectivity index (χ4n) is 2.16. The third-order valence-corrected chi connectivity index (χ3v) is 4.00. The van der Waals surface area contributed by atoms with Gasteiger partial charge >= 0.3 is 0 Å². The first-order valence-electron chi connectivity index (χ1n) is 5.73. The molecular weight excluding hydrogens is 287 g/mol. The quantitative estimate of drug-likeness (QED) is 0.880. The third kappa shape index (κ3) is 2.61. The second-order valence-electron chi connectivity index (χ2n) is 4.26. The highest BCUT2D eigenvalue weighted by Crippen LogP contribution is 2.35. The van der Waals surface area contributed by atoms with Crippen molar-refractivity contribution >= 4 is 15.9 Å². The first kappa shape index (κ1) is 12.8. The molecule has 0 aromatic heterocycles. The Hall–Kier alpha value is -0.650. The van der Waals surface area contributed by atoms with Crippen LogP contribution in [0.3, 0.4) is 0 Å². The molecule has 0 saturated carbocycles. The van der Waals surface area contributed by atoms with Crippen LogP contribution in [-0.2, 0) is 0 Å². The summed E-state index contributed by atoms with van der Waals surface area (Å²) in [5, 5.41) is 13.2. The summed E-state index contributed by atoms with van der Waals surface area (Å²) in [5.74, 6) is -0.421. The Morgan fingerprint density at radius 1 is 1.41 bits per heavy atom. The molecule has 1 saturated heterocycles. The van der Waals surface area contributed by atoms with Crippen LogP contribution in [0.1, 0.15) is 18.5 Å². The molecule has 1 atom stereocenters. The van der Waals surface area contributed by atoms with Crippen LogP contribution in [0.5, 0.6) is 5.75 Å². The molecule has 5 heteroatoms. The number of rotatable bonds is 2. The van der Waals surface area contributed by atoms with Crippen molar-refractivity contribution in [2.45, 2.75) is 13.0 Å². The van der Waals surface area contributed by atoms with Crippen LogP contribution in [0, 0.1) is 5.82 Å². The minimum atomic E-state index is -0.432. The number of phenols is 1. The van der Waals surface area contributed by atoms with E-state index in [9.17, 15) is 9.50 Å². The molecule has 17 heavy (non-hydrogen) atoms. The van der Waals surface area contributed by atoms with Crippen LogP contribution in [0.2, 0.25) is 0 Å². The Morgan fingerprint density at radius 3 is 2.71 bits per heavy atom. The van der Waals surface area contributed by atoms with Crippen molar-refractivity contribution in [1.82, 2.24) is 10.2 Å². The monoisotopic (exact) mass is 302 g/mol. The summed E-state index contributed by atoms with van der Waals surface area (Å²) < 4.78 is 13.4. The zero-order chi connectivity index (χ0) is 12.4. The van der Waals surface area contributed by atoms with Gasteiger partial charge in [0.2, 0.25) is 0 Å². The zero-order valence-electron chi connectivity index (χ0n) is 9.71. The lowest BCUT2D eigenvalue weighted by Crippen LogP contribution is -2.44. The van der Waals surface area contributed by atoms with Gasteiger partial charge in [-0.15, -0.1) is 0 Å². The molecule has 1 aromatic rings. The van der Waals surface area contributed by atoms with Crippen molar-refractivity contribution in [3.05, 3.63) is 28.0 Å². The van der Waals surface area contributed by atoms with E-state index in [0.29, 0.717) is 0 Å². The number of aromatic hydroxyl groups is 1. The summed E-state index contributed by atoms with van der Waals surface area (Å²) in [7, 11) is 0. The van der Waals surface area contributed by atoms with E-state index in [1.165, 1.54) is 6.07 Å². The summed E-state index contributed by atoms with van der Waals surface area (Å²) in [6.07, 6.45) is 0. The van der Waals surface area contributed by atoms with E-state index in [1.807, 2.05) is 6.92 Å². The van der Waals surface area contributed by atoms with Crippen molar-refractivity contribution < 1.29 is 9.50 Å². The molecule has 94 valence electrons.